The summed E-state index contributed by atoms with van der Waals surface area (Å²) in [7, 11) is 0. The lowest BCUT2D eigenvalue weighted by Crippen LogP contribution is -2.66. The minimum atomic E-state index is -0.909. The van der Waals surface area contributed by atoms with Crippen molar-refractivity contribution < 1.29 is 83.0 Å². The van der Waals surface area contributed by atoms with Crippen LogP contribution in [0.15, 0.2) is 60.8 Å². The van der Waals surface area contributed by atoms with Crippen molar-refractivity contribution in [2.45, 2.75) is 266 Å². The quantitative estimate of drug-likeness (QED) is 0.0477. The molecule has 17 saturated carbocycles. The summed E-state index contributed by atoms with van der Waals surface area (Å²) in [6.45, 7) is 28.7. The van der Waals surface area contributed by atoms with Gasteiger partial charge in [0.15, 0.2) is 0 Å². The number of rotatable bonds is 16. The summed E-state index contributed by atoms with van der Waals surface area (Å²) in [5.74, 6) is 4.23. The normalized spacial score (nSPS) is 41.8. The van der Waals surface area contributed by atoms with Crippen LogP contribution in [-0.4, -0.2) is 138 Å². The van der Waals surface area contributed by atoms with E-state index >= 15 is 0 Å². The van der Waals surface area contributed by atoms with E-state index in [0.29, 0.717) is 77.4 Å². The van der Waals surface area contributed by atoms with Crippen LogP contribution in [0.1, 0.15) is 215 Å². The molecule has 0 aromatic rings. The first-order valence-electron chi connectivity index (χ1n) is 33.7. The summed E-state index contributed by atoms with van der Waals surface area (Å²) in [6, 6.07) is 0. The van der Waals surface area contributed by atoms with Crippen molar-refractivity contribution in [3.8, 4) is 0 Å². The van der Waals surface area contributed by atoms with E-state index in [0.717, 1.165) is 152 Å². The molecule has 17 fully saturated rings. The molecule has 498 valence electrons. The van der Waals surface area contributed by atoms with Gasteiger partial charge in [0, 0.05) is 59.0 Å². The second-order valence-corrected chi connectivity index (χ2v) is 31.9. The molecule has 89 heavy (non-hydrogen) atoms. The average molecular weight is 1250 g/mol. The average Bonchev–Trinajstić information content (AvgIpc) is 0.751. The summed E-state index contributed by atoms with van der Waals surface area (Å²) in [5.41, 5.74) is -2.62. The first-order chi connectivity index (χ1) is 41.6. The molecule has 17 aliphatic carbocycles. The van der Waals surface area contributed by atoms with Gasteiger partial charge in [-0.05, 0) is 242 Å². The van der Waals surface area contributed by atoms with Crippen molar-refractivity contribution in [3.63, 3.8) is 0 Å². The van der Waals surface area contributed by atoms with Crippen molar-refractivity contribution in [1.82, 2.24) is 0 Å². The highest BCUT2D eigenvalue weighted by molar-refractivity contribution is 5.89. The third-order valence-electron chi connectivity index (χ3n) is 23.4. The van der Waals surface area contributed by atoms with E-state index in [1.54, 1.807) is 34.6 Å². The standard InChI is InChI=1S/C17H26O3.C16H24O4.C15H22O3.C14H20O4.C10H16O3/c1-11(2)15(18)20-10-16(3,19)17-7-12-4-13(8-17)6-14(5-12)9-17;1-11(2)14(18)20-16-8-12-5-13(9-16)7-15(6-12,10-16)19-4-3-17;1-9(2)14(16)18-8-15(17)12-4-10-3-11(6-12)7-13(15)5-10;1-9(2)11(15)18-14-5-10-3-12(16,7-14)6-13(17,4-10)8-14;1-7(2)10(12)13-9-6-4-3-5-8(9)11/h12-14,19H,1,4-10H2,2-3H3;12-13,17H,1,3-10H2,2H3;10-13,17H,1,3-8H2,2H3;10,16-17H,1,3-8H2,2H3;8-9,11H,1,3-6H2,2H3. The molecule has 16 bridgehead atoms. The number of aliphatic hydroxyl groups is 6. The van der Waals surface area contributed by atoms with Gasteiger partial charge in [-0.1, -0.05) is 39.3 Å². The number of ether oxygens (including phenoxy) is 6. The Hall–Kier alpha value is -4.23. The second kappa shape index (κ2) is 26.6. The lowest BCUT2D eigenvalue weighted by Gasteiger charge is -2.62. The Labute approximate surface area is 528 Å². The first-order valence-corrected chi connectivity index (χ1v) is 33.7. The fourth-order valence-corrected chi connectivity index (χ4v) is 20.8. The fourth-order valence-electron chi connectivity index (χ4n) is 20.8. The van der Waals surface area contributed by atoms with Gasteiger partial charge in [0.1, 0.15) is 41.7 Å². The zero-order valence-corrected chi connectivity index (χ0v) is 54.6. The Kier molecular flexibility index (Phi) is 20.7. The molecule has 0 amide bonds. The van der Waals surface area contributed by atoms with Crippen LogP contribution < -0.4 is 0 Å². The molecular formula is C72H108O17. The van der Waals surface area contributed by atoms with Gasteiger partial charge in [0.25, 0.3) is 0 Å². The molecule has 0 aromatic heterocycles. The Morgan fingerprint density at radius 2 is 0.910 bits per heavy atom. The predicted octanol–water partition coefficient (Wildman–Crippen LogP) is 10.3. The molecule has 0 aliphatic heterocycles. The van der Waals surface area contributed by atoms with Crippen LogP contribution in [0.5, 0.6) is 0 Å². The van der Waals surface area contributed by atoms with Crippen LogP contribution >= 0.6 is 0 Å². The number of carbonyl (C=O) groups is 5. The van der Waals surface area contributed by atoms with E-state index in [-0.39, 0.29) is 60.4 Å². The molecule has 0 spiro atoms. The molecular weight excluding hydrogens is 1140 g/mol. The van der Waals surface area contributed by atoms with E-state index in [1.165, 1.54) is 32.1 Å². The Bertz CT molecular complexity index is 2620. The van der Waals surface area contributed by atoms with Gasteiger partial charge >= 0.3 is 29.8 Å². The van der Waals surface area contributed by atoms with Crippen molar-refractivity contribution >= 4 is 29.8 Å². The summed E-state index contributed by atoms with van der Waals surface area (Å²) in [6.07, 6.45) is 25.5. The van der Waals surface area contributed by atoms with Gasteiger partial charge in [-0.2, -0.15) is 0 Å². The lowest BCUT2D eigenvalue weighted by molar-refractivity contribution is -0.260. The Morgan fingerprint density at radius 1 is 0.483 bits per heavy atom. The fraction of sp³-hybridized carbons (Fsp3) is 0.792. The highest BCUT2D eigenvalue weighted by Crippen LogP contribution is 2.65. The van der Waals surface area contributed by atoms with Gasteiger partial charge in [-0.15, -0.1) is 0 Å². The van der Waals surface area contributed by atoms with Crippen molar-refractivity contribution in [1.29, 1.82) is 0 Å². The van der Waals surface area contributed by atoms with Crippen molar-refractivity contribution in [2.75, 3.05) is 26.4 Å². The van der Waals surface area contributed by atoms with Crippen LogP contribution in [0.2, 0.25) is 0 Å². The van der Waals surface area contributed by atoms with Crippen molar-refractivity contribution in [2.24, 2.45) is 64.6 Å². The maximum atomic E-state index is 11.9. The summed E-state index contributed by atoms with van der Waals surface area (Å²) in [4.78, 5) is 57.9. The number of aliphatic hydroxyl groups excluding tert-OH is 2. The largest absolute Gasteiger partial charge is 0.459 e. The zero-order valence-electron chi connectivity index (χ0n) is 54.6. The predicted molar refractivity (Wildman–Crippen MR) is 333 cm³/mol. The molecule has 6 N–H and O–H groups in total. The van der Waals surface area contributed by atoms with Gasteiger partial charge in [0.2, 0.25) is 0 Å². The maximum absolute atomic E-state index is 11.9. The van der Waals surface area contributed by atoms with E-state index < -0.39 is 52.0 Å². The van der Waals surface area contributed by atoms with Gasteiger partial charge in [-0.25, -0.2) is 24.0 Å². The minimum absolute atomic E-state index is 0.0307. The van der Waals surface area contributed by atoms with Gasteiger partial charge < -0.3 is 59.1 Å². The zero-order chi connectivity index (χ0) is 64.9. The van der Waals surface area contributed by atoms with E-state index in [4.69, 9.17) is 33.5 Å². The number of hydrogen-bond acceptors (Lipinski definition) is 17. The van der Waals surface area contributed by atoms with Crippen LogP contribution in [0.25, 0.3) is 0 Å². The van der Waals surface area contributed by atoms with Crippen LogP contribution in [0.3, 0.4) is 0 Å². The highest BCUT2D eigenvalue weighted by atomic mass is 16.6. The molecule has 0 saturated heterocycles. The van der Waals surface area contributed by atoms with Gasteiger partial charge in [-0.3, -0.25) is 0 Å². The summed E-state index contributed by atoms with van der Waals surface area (Å²) in [5, 5.41) is 61.5. The molecule has 0 aromatic carbocycles. The van der Waals surface area contributed by atoms with Crippen LogP contribution in [0.4, 0.5) is 0 Å². The summed E-state index contributed by atoms with van der Waals surface area (Å²) >= 11 is 0. The second-order valence-electron chi connectivity index (χ2n) is 31.9. The van der Waals surface area contributed by atoms with E-state index in [9.17, 15) is 49.5 Å². The number of hydrogen-bond donors (Lipinski definition) is 6. The van der Waals surface area contributed by atoms with E-state index in [2.05, 4.69) is 32.9 Å². The molecule has 0 heterocycles. The summed E-state index contributed by atoms with van der Waals surface area (Å²) < 4.78 is 33.0. The monoisotopic (exact) mass is 1240 g/mol. The molecule has 7 atom stereocenters. The third-order valence-corrected chi connectivity index (χ3v) is 23.4. The van der Waals surface area contributed by atoms with Crippen LogP contribution in [0, 0.1) is 64.6 Å². The van der Waals surface area contributed by atoms with Crippen molar-refractivity contribution in [3.05, 3.63) is 60.8 Å². The molecule has 17 aliphatic rings. The highest BCUT2D eigenvalue weighted by Gasteiger charge is 2.65. The first kappa shape index (κ1) is 69.1. The molecule has 7 unspecified atom stereocenters. The molecule has 17 heteroatoms. The minimum Gasteiger partial charge on any atom is -0.459 e. The SMILES string of the molecule is C=C(C)C(=O)OC12CC3CC(CC(OCCO)(C3)C1)C2.C=C(C)C(=O)OC12CC3CC(O)(CC(O)(C3)C1)C2.C=C(C)C(=O)OC1CCCCC1O.C=C(C)C(=O)OCC(C)(O)C12CC3CC(CC(C3)C1)C2.C=C(C)C(=O)OCC1(O)C2CC3CC(C2)CC1C3. The Morgan fingerprint density at radius 3 is 1.37 bits per heavy atom. The number of carbonyl (C=O) groups excluding carboxylic acids is 5. The maximum Gasteiger partial charge on any atom is 0.333 e. The third kappa shape index (κ3) is 15.7. The molecule has 0 radical (unpaired) electrons. The lowest BCUT2D eigenvalue weighted by atomic mass is 9.45. The molecule has 17 nitrogen and oxygen atoms in total. The molecule has 17 rings (SSSR count). The van der Waals surface area contributed by atoms with Crippen LogP contribution in [-0.2, 0) is 52.4 Å². The smallest absolute Gasteiger partial charge is 0.333 e. The topological polar surface area (TPSA) is 262 Å². The Balaban J connectivity index is 0.000000133. The van der Waals surface area contributed by atoms with Gasteiger partial charge in [0.05, 0.1) is 36.1 Å². The van der Waals surface area contributed by atoms with E-state index in [1.807, 2.05) is 6.92 Å². The number of esters is 5.